The average Bonchev–Trinajstić information content (AvgIpc) is 2.55. The van der Waals surface area contributed by atoms with Crippen LogP contribution >= 0.6 is 0 Å². The van der Waals surface area contributed by atoms with Crippen LogP contribution < -0.4 is 5.32 Å². The predicted octanol–water partition coefficient (Wildman–Crippen LogP) is 0.0263. The highest BCUT2D eigenvalue weighted by Crippen LogP contribution is 2.13. The third kappa shape index (κ3) is 1.82. The lowest BCUT2D eigenvalue weighted by Crippen LogP contribution is -2.57. The molecule has 1 aliphatic heterocycles. The van der Waals surface area contributed by atoms with E-state index in [2.05, 4.69) is 10.4 Å². The molecule has 0 bridgehead atoms. The average molecular weight is 222 g/mol. The van der Waals surface area contributed by atoms with Gasteiger partial charge in [0.15, 0.2) is 0 Å². The van der Waals surface area contributed by atoms with Crippen molar-refractivity contribution in [2.75, 3.05) is 20.1 Å². The quantitative estimate of drug-likeness (QED) is 0.785. The molecule has 0 spiro atoms. The first-order valence-electron chi connectivity index (χ1n) is 5.64. The molecule has 1 aliphatic rings. The Morgan fingerprint density at radius 3 is 2.88 bits per heavy atom. The standard InChI is InChI=1S/C11H18N4O/c1-4-10-9(7-14(2)13-10)11(16)15(3)8-5-12-6-8/h7-8,12H,4-6H2,1-3H3. The number of amides is 1. The van der Waals surface area contributed by atoms with Crippen molar-refractivity contribution in [3.05, 3.63) is 17.5 Å². The Morgan fingerprint density at radius 2 is 2.38 bits per heavy atom. The molecule has 2 heterocycles. The third-order valence-electron chi connectivity index (χ3n) is 3.10. The van der Waals surface area contributed by atoms with Crippen LogP contribution in [0.5, 0.6) is 0 Å². The van der Waals surface area contributed by atoms with Crippen molar-refractivity contribution >= 4 is 5.91 Å². The van der Waals surface area contributed by atoms with Gasteiger partial charge in [-0.25, -0.2) is 0 Å². The first-order valence-corrected chi connectivity index (χ1v) is 5.64. The Balaban J connectivity index is 2.18. The predicted molar refractivity (Wildman–Crippen MR) is 61.3 cm³/mol. The third-order valence-corrected chi connectivity index (χ3v) is 3.10. The second kappa shape index (κ2) is 4.25. The van der Waals surface area contributed by atoms with Crippen LogP contribution in [0.2, 0.25) is 0 Å². The molecule has 88 valence electrons. The van der Waals surface area contributed by atoms with Crippen LogP contribution in [0, 0.1) is 0 Å². The first kappa shape index (κ1) is 11.1. The Kier molecular flexibility index (Phi) is 2.96. The fraction of sp³-hybridized carbons (Fsp3) is 0.636. The maximum Gasteiger partial charge on any atom is 0.257 e. The van der Waals surface area contributed by atoms with Gasteiger partial charge in [-0.2, -0.15) is 5.10 Å². The topological polar surface area (TPSA) is 50.2 Å². The van der Waals surface area contributed by atoms with Crippen LogP contribution in [0.25, 0.3) is 0 Å². The molecule has 1 amide bonds. The fourth-order valence-electron chi connectivity index (χ4n) is 1.88. The highest BCUT2D eigenvalue weighted by Gasteiger charge is 2.27. The summed E-state index contributed by atoms with van der Waals surface area (Å²) in [7, 11) is 3.71. The lowest BCUT2D eigenvalue weighted by molar-refractivity contribution is 0.0680. The van der Waals surface area contributed by atoms with Crippen LogP contribution in [-0.2, 0) is 13.5 Å². The summed E-state index contributed by atoms with van der Waals surface area (Å²) >= 11 is 0. The van der Waals surface area contributed by atoms with Gasteiger partial charge in [0.1, 0.15) is 0 Å². The van der Waals surface area contributed by atoms with Gasteiger partial charge >= 0.3 is 0 Å². The number of hydrogen-bond acceptors (Lipinski definition) is 3. The molecule has 1 aromatic rings. The number of carbonyl (C=O) groups excluding carboxylic acids is 1. The molecule has 5 heteroatoms. The van der Waals surface area contributed by atoms with E-state index in [1.165, 1.54) is 0 Å². The maximum atomic E-state index is 12.2. The summed E-state index contributed by atoms with van der Waals surface area (Å²) in [5, 5.41) is 7.46. The van der Waals surface area contributed by atoms with Crippen LogP contribution in [-0.4, -0.2) is 46.8 Å². The van der Waals surface area contributed by atoms with Crippen LogP contribution in [0.4, 0.5) is 0 Å². The molecule has 0 saturated carbocycles. The molecule has 0 unspecified atom stereocenters. The molecule has 16 heavy (non-hydrogen) atoms. The van der Waals surface area contributed by atoms with Crippen molar-refractivity contribution < 1.29 is 4.79 Å². The van der Waals surface area contributed by atoms with Gasteiger partial charge in [-0.05, 0) is 6.42 Å². The van der Waals surface area contributed by atoms with E-state index in [1.807, 2.05) is 32.1 Å². The maximum absolute atomic E-state index is 12.2. The minimum atomic E-state index is 0.0800. The zero-order valence-corrected chi connectivity index (χ0v) is 10.0. The number of aryl methyl sites for hydroxylation is 2. The highest BCUT2D eigenvalue weighted by molar-refractivity contribution is 5.95. The van der Waals surface area contributed by atoms with E-state index in [-0.39, 0.29) is 5.91 Å². The summed E-state index contributed by atoms with van der Waals surface area (Å²) in [6.45, 7) is 3.80. The fourth-order valence-corrected chi connectivity index (χ4v) is 1.88. The molecule has 0 radical (unpaired) electrons. The lowest BCUT2D eigenvalue weighted by atomic mass is 10.1. The zero-order chi connectivity index (χ0) is 11.7. The molecule has 0 aliphatic carbocycles. The molecule has 5 nitrogen and oxygen atoms in total. The van der Waals surface area contributed by atoms with Crippen molar-refractivity contribution in [1.82, 2.24) is 20.0 Å². The van der Waals surface area contributed by atoms with Gasteiger partial charge in [-0.1, -0.05) is 6.92 Å². The van der Waals surface area contributed by atoms with Crippen LogP contribution in [0.3, 0.4) is 0 Å². The number of rotatable bonds is 3. The molecule has 1 N–H and O–H groups in total. The van der Waals surface area contributed by atoms with Gasteiger partial charge in [-0.15, -0.1) is 0 Å². The minimum Gasteiger partial charge on any atom is -0.336 e. The molecule has 1 saturated heterocycles. The number of nitrogens with one attached hydrogen (secondary N) is 1. The van der Waals surface area contributed by atoms with Gasteiger partial charge in [0.25, 0.3) is 5.91 Å². The Labute approximate surface area is 95.4 Å². The van der Waals surface area contributed by atoms with Gasteiger partial charge in [0.2, 0.25) is 0 Å². The molecule has 0 aromatic carbocycles. The molecule has 1 fully saturated rings. The van der Waals surface area contributed by atoms with E-state index >= 15 is 0 Å². The van der Waals surface area contributed by atoms with Crippen LogP contribution in [0.1, 0.15) is 23.0 Å². The Morgan fingerprint density at radius 1 is 1.69 bits per heavy atom. The number of carbonyl (C=O) groups is 1. The Hall–Kier alpha value is -1.36. The number of hydrogen-bond donors (Lipinski definition) is 1. The van der Waals surface area contributed by atoms with Crippen molar-refractivity contribution in [2.24, 2.45) is 7.05 Å². The second-order valence-corrected chi connectivity index (χ2v) is 4.24. The molecule has 2 rings (SSSR count). The van der Waals surface area contributed by atoms with E-state index in [1.54, 1.807) is 4.68 Å². The van der Waals surface area contributed by atoms with Gasteiger partial charge < -0.3 is 10.2 Å². The van der Waals surface area contributed by atoms with E-state index in [9.17, 15) is 4.79 Å². The van der Waals surface area contributed by atoms with E-state index in [0.717, 1.165) is 30.8 Å². The zero-order valence-electron chi connectivity index (χ0n) is 10.0. The molecular weight excluding hydrogens is 204 g/mol. The van der Waals surface area contributed by atoms with E-state index < -0.39 is 0 Å². The summed E-state index contributed by atoms with van der Waals surface area (Å²) < 4.78 is 1.71. The van der Waals surface area contributed by atoms with Gasteiger partial charge in [-0.3, -0.25) is 9.48 Å². The minimum absolute atomic E-state index is 0.0800. The SMILES string of the molecule is CCc1nn(C)cc1C(=O)N(C)C1CNC1. The number of likely N-dealkylation sites (N-methyl/N-ethyl adjacent to an activating group) is 1. The highest BCUT2D eigenvalue weighted by atomic mass is 16.2. The van der Waals surface area contributed by atoms with Crippen LogP contribution in [0.15, 0.2) is 6.20 Å². The summed E-state index contributed by atoms with van der Waals surface area (Å²) in [4.78, 5) is 14.0. The van der Waals surface area contributed by atoms with Crippen molar-refractivity contribution in [2.45, 2.75) is 19.4 Å². The van der Waals surface area contributed by atoms with E-state index in [4.69, 9.17) is 0 Å². The summed E-state index contributed by atoms with van der Waals surface area (Å²) in [6.07, 6.45) is 2.60. The molecular formula is C11H18N4O. The van der Waals surface area contributed by atoms with E-state index in [0.29, 0.717) is 6.04 Å². The van der Waals surface area contributed by atoms with Crippen molar-refractivity contribution in [3.63, 3.8) is 0 Å². The Bertz CT molecular complexity index is 395. The van der Waals surface area contributed by atoms with Gasteiger partial charge in [0, 0.05) is 33.4 Å². The summed E-state index contributed by atoms with van der Waals surface area (Å²) in [5.41, 5.74) is 1.62. The second-order valence-electron chi connectivity index (χ2n) is 4.24. The number of nitrogens with zero attached hydrogens (tertiary/aromatic N) is 3. The van der Waals surface area contributed by atoms with Crippen molar-refractivity contribution in [3.8, 4) is 0 Å². The molecule has 0 atom stereocenters. The lowest BCUT2D eigenvalue weighted by Gasteiger charge is -2.35. The monoisotopic (exact) mass is 222 g/mol. The normalized spacial score (nSPS) is 15.9. The first-order chi connectivity index (χ1) is 7.63. The largest absolute Gasteiger partial charge is 0.336 e. The van der Waals surface area contributed by atoms with Gasteiger partial charge in [0.05, 0.1) is 17.3 Å². The molecule has 1 aromatic heterocycles. The summed E-state index contributed by atoms with van der Waals surface area (Å²) in [6, 6.07) is 0.331. The van der Waals surface area contributed by atoms with Crippen molar-refractivity contribution in [1.29, 1.82) is 0 Å². The number of aromatic nitrogens is 2. The smallest absolute Gasteiger partial charge is 0.257 e. The summed E-state index contributed by atoms with van der Waals surface area (Å²) in [5.74, 6) is 0.0800.